The Morgan fingerprint density at radius 3 is 0.350 bits per heavy atom. The Hall–Kier alpha value is -10.2. The van der Waals surface area contributed by atoms with Gasteiger partial charge in [-0.05, 0) is 175 Å². The van der Waals surface area contributed by atoms with Crippen LogP contribution in [0.3, 0.4) is 0 Å². The summed E-state index contributed by atoms with van der Waals surface area (Å²) in [5, 5.41) is 36.9. The third-order valence-electron chi connectivity index (χ3n) is 17.9. The maximum absolute atomic E-state index is 6.30. The maximum Gasteiger partial charge on any atom is 0.127 e. The molecule has 0 amide bonds. The largest absolute Gasteiger partial charge is 0.496 e. The second kappa shape index (κ2) is 16.7. The second-order valence-corrected chi connectivity index (χ2v) is 21.4. The van der Waals surface area contributed by atoms with Crippen LogP contribution in [0.5, 0.6) is 23.0 Å². The molecule has 4 nitrogen and oxygen atoms in total. The molecule has 0 bridgehead atoms. The number of methoxy groups -OCH3 is 4. The maximum atomic E-state index is 6.30. The molecule has 0 radical (unpaired) electrons. The van der Waals surface area contributed by atoms with E-state index in [4.69, 9.17) is 18.9 Å². The summed E-state index contributed by atoms with van der Waals surface area (Å²) in [4.78, 5) is 0. The van der Waals surface area contributed by atoms with E-state index in [0.29, 0.717) is 0 Å². The van der Waals surface area contributed by atoms with E-state index in [1.54, 1.807) is 28.4 Å². The molecule has 0 aliphatic rings. The van der Waals surface area contributed by atoms with Gasteiger partial charge in [0.2, 0.25) is 0 Å². The monoisotopic (exact) mass is 1020 g/mol. The summed E-state index contributed by atoms with van der Waals surface area (Å²) in [6, 6.07) is 81.6. The van der Waals surface area contributed by atoms with Crippen molar-refractivity contribution >= 4 is 172 Å². The lowest BCUT2D eigenvalue weighted by Crippen LogP contribution is -1.93. The van der Waals surface area contributed by atoms with Crippen LogP contribution in [0.25, 0.3) is 172 Å². The van der Waals surface area contributed by atoms with Gasteiger partial charge in [0, 0.05) is 21.5 Å². The molecule has 0 atom stereocenters. The SMILES string of the molecule is COc1cccc2c3cccc4c5cccc6c7cccc8c9cccc%10c%11cccc(OC)c%11c%11c(OC)cccc%11c%11cccc(c%12cccc(c%13cccc(c%14cccc(c%15cccc(OC)c%15c12)c%14c34)c%13c56)c%12c87)c%11c%109. The number of hydrogen-bond acceptors (Lipinski definition) is 4. The van der Waals surface area contributed by atoms with Crippen LogP contribution in [0, 0.1) is 0 Å². The van der Waals surface area contributed by atoms with E-state index in [1.807, 2.05) is 0 Å². The average Bonchev–Trinajstić information content (AvgIpc) is 3.70. The molecule has 17 aromatic rings. The van der Waals surface area contributed by atoms with Crippen LogP contribution in [0.4, 0.5) is 0 Å². The van der Waals surface area contributed by atoms with Crippen molar-refractivity contribution in [3.63, 3.8) is 0 Å². The zero-order valence-electron chi connectivity index (χ0n) is 44.4. The van der Waals surface area contributed by atoms with Crippen molar-refractivity contribution in [1.82, 2.24) is 0 Å². The van der Waals surface area contributed by atoms with Crippen molar-refractivity contribution < 1.29 is 18.9 Å². The number of rotatable bonds is 4. The molecule has 0 saturated heterocycles. The topological polar surface area (TPSA) is 36.9 Å². The number of fused-ring (bicyclic) bond motifs is 16. The fourth-order valence-electron chi connectivity index (χ4n) is 14.9. The van der Waals surface area contributed by atoms with E-state index in [1.165, 1.54) is 108 Å². The molecule has 0 heterocycles. The summed E-state index contributed by atoms with van der Waals surface area (Å²) in [5.41, 5.74) is 0. The Morgan fingerprint density at radius 1 is 0.138 bits per heavy atom. The third kappa shape index (κ3) is 5.74. The standard InChI is InChI=1S/C76H48O4/c1-77-61-37-13-33-57-53-29-9-25-49-45-21-5-17-41-42-19-7-23-47-51-27-11-31-55-59-35-15-39-63(79-3)75(59)76-60(36-16-40-64(76)80-4)56-32-12-28-52(72(56)71(51)55)48-24-8-20-44(68(48)67(42)47)43-18-6-22-46(66(43)65(41)45)50-26-10-30-54(70(50)69(49)53)58-34-14-38-62(78-2)74(58)73(57)61/h5-40H,1-4H3. The molecule has 0 aliphatic heterocycles. The lowest BCUT2D eigenvalue weighted by Gasteiger charge is -2.20. The Balaban J connectivity index is 1.21. The molecular weight excluding hydrogens is 977 g/mol. The van der Waals surface area contributed by atoms with Crippen LogP contribution in [0.1, 0.15) is 0 Å². The Bertz CT molecular complexity index is 5010. The van der Waals surface area contributed by atoms with Crippen LogP contribution < -0.4 is 18.9 Å². The van der Waals surface area contributed by atoms with E-state index >= 15 is 0 Å². The number of benzene rings is 12. The van der Waals surface area contributed by atoms with Gasteiger partial charge in [-0.1, -0.05) is 194 Å². The van der Waals surface area contributed by atoms with Gasteiger partial charge in [-0.15, -0.1) is 0 Å². The van der Waals surface area contributed by atoms with Crippen LogP contribution in [-0.4, -0.2) is 28.4 Å². The number of ether oxygens (including phenoxy) is 4. The van der Waals surface area contributed by atoms with Crippen LogP contribution in [0.2, 0.25) is 0 Å². The molecule has 0 spiro atoms. The summed E-state index contributed by atoms with van der Waals surface area (Å²) in [5.74, 6) is 3.20. The van der Waals surface area contributed by atoms with E-state index < -0.39 is 0 Å². The fraction of sp³-hybridized carbons (Fsp3) is 0.0526. The highest BCUT2D eigenvalue weighted by Gasteiger charge is 2.24. The van der Waals surface area contributed by atoms with Crippen LogP contribution in [-0.2, 0) is 0 Å². The molecule has 80 heavy (non-hydrogen) atoms. The summed E-state index contributed by atoms with van der Waals surface area (Å²) in [6.07, 6.45) is 0. The minimum absolute atomic E-state index is 0.799. The number of hydrogen-bond donors (Lipinski definition) is 0. The summed E-state index contributed by atoms with van der Waals surface area (Å²) >= 11 is 0. The first-order valence-corrected chi connectivity index (χ1v) is 27.4. The van der Waals surface area contributed by atoms with E-state index in [-0.39, 0.29) is 0 Å². The Labute approximate surface area is 458 Å². The molecule has 0 saturated carbocycles. The first-order valence-electron chi connectivity index (χ1n) is 27.4. The second-order valence-electron chi connectivity index (χ2n) is 21.4. The molecule has 17 rings (SSSR count). The molecule has 0 unspecified atom stereocenters. The first kappa shape index (κ1) is 44.9. The van der Waals surface area contributed by atoms with Gasteiger partial charge in [0.15, 0.2) is 0 Å². The highest BCUT2D eigenvalue weighted by molar-refractivity contribution is 6.47. The fourth-order valence-corrected chi connectivity index (χ4v) is 14.9. The van der Waals surface area contributed by atoms with Gasteiger partial charge < -0.3 is 18.9 Å². The molecule has 4 heteroatoms. The lowest BCUT2D eigenvalue weighted by molar-refractivity contribution is 0.416. The van der Waals surface area contributed by atoms with Crippen LogP contribution >= 0.6 is 0 Å². The molecule has 17 aromatic carbocycles. The van der Waals surface area contributed by atoms with E-state index in [2.05, 4.69) is 218 Å². The Morgan fingerprint density at radius 2 is 0.237 bits per heavy atom. The molecule has 0 aliphatic carbocycles. The summed E-state index contributed by atoms with van der Waals surface area (Å²) < 4.78 is 25.2. The van der Waals surface area contributed by atoms with Gasteiger partial charge in [-0.25, -0.2) is 0 Å². The van der Waals surface area contributed by atoms with E-state index in [0.717, 1.165) is 87.6 Å². The zero-order chi connectivity index (χ0) is 53.1. The molecule has 0 N–H and O–H groups in total. The van der Waals surface area contributed by atoms with Crippen molar-refractivity contribution in [3.05, 3.63) is 218 Å². The van der Waals surface area contributed by atoms with Gasteiger partial charge in [0.1, 0.15) is 23.0 Å². The first-order chi connectivity index (χ1) is 39.6. The van der Waals surface area contributed by atoms with Crippen LogP contribution in [0.15, 0.2) is 218 Å². The van der Waals surface area contributed by atoms with Gasteiger partial charge in [-0.3, -0.25) is 0 Å². The van der Waals surface area contributed by atoms with Gasteiger partial charge in [0.05, 0.1) is 28.4 Å². The highest BCUT2D eigenvalue weighted by Crippen LogP contribution is 2.52. The predicted molar refractivity (Wildman–Crippen MR) is 342 cm³/mol. The normalized spacial score (nSPS) is 12.2. The zero-order valence-corrected chi connectivity index (χ0v) is 44.4. The lowest BCUT2D eigenvalue weighted by atomic mass is 9.83. The average molecular weight is 1030 g/mol. The van der Waals surface area contributed by atoms with Crippen molar-refractivity contribution in [3.8, 4) is 23.0 Å². The van der Waals surface area contributed by atoms with E-state index in [9.17, 15) is 0 Å². The van der Waals surface area contributed by atoms with Crippen molar-refractivity contribution in [1.29, 1.82) is 0 Å². The summed E-state index contributed by atoms with van der Waals surface area (Å²) in [7, 11) is 7.08. The van der Waals surface area contributed by atoms with Crippen molar-refractivity contribution in [2.75, 3.05) is 28.4 Å². The third-order valence-corrected chi connectivity index (χ3v) is 17.9. The Kier molecular flexibility index (Phi) is 9.36. The highest BCUT2D eigenvalue weighted by atomic mass is 16.5. The van der Waals surface area contributed by atoms with Crippen molar-refractivity contribution in [2.45, 2.75) is 0 Å². The minimum atomic E-state index is 0.799. The predicted octanol–water partition coefficient (Wildman–Crippen LogP) is 20.7. The van der Waals surface area contributed by atoms with Crippen molar-refractivity contribution in [2.24, 2.45) is 0 Å². The van der Waals surface area contributed by atoms with Gasteiger partial charge in [-0.2, -0.15) is 0 Å². The molecule has 0 fully saturated rings. The molecule has 0 aromatic heterocycles. The minimum Gasteiger partial charge on any atom is -0.496 e. The summed E-state index contributed by atoms with van der Waals surface area (Å²) in [6.45, 7) is 0. The molecular formula is C76H48O4. The van der Waals surface area contributed by atoms with Gasteiger partial charge in [0.25, 0.3) is 0 Å². The quantitative estimate of drug-likeness (QED) is 0.176. The molecule has 376 valence electrons. The smallest absolute Gasteiger partial charge is 0.127 e. The van der Waals surface area contributed by atoms with Gasteiger partial charge >= 0.3 is 0 Å².